The van der Waals surface area contributed by atoms with Gasteiger partial charge in [-0.15, -0.1) is 0 Å². The van der Waals surface area contributed by atoms with Crippen LogP contribution in [-0.4, -0.2) is 59.8 Å². The molecule has 0 atom stereocenters. The topological polar surface area (TPSA) is 87.0 Å². The number of rotatable bonds is 4. The van der Waals surface area contributed by atoms with Crippen molar-refractivity contribution in [3.05, 3.63) is 74.9 Å². The number of carbonyl (C=O) groups is 2. The van der Waals surface area contributed by atoms with E-state index in [2.05, 4.69) is 4.90 Å². The van der Waals surface area contributed by atoms with Gasteiger partial charge in [-0.3, -0.25) is 19.7 Å². The van der Waals surface area contributed by atoms with Crippen molar-refractivity contribution in [3.8, 4) is 0 Å². The first-order chi connectivity index (χ1) is 14.4. The first-order valence-corrected chi connectivity index (χ1v) is 9.82. The molecule has 0 aliphatic carbocycles. The number of para-hydroxylation sites is 1. The Balaban J connectivity index is 1.82. The Morgan fingerprint density at radius 1 is 0.933 bits per heavy atom. The van der Waals surface area contributed by atoms with E-state index in [1.54, 1.807) is 24.3 Å². The summed E-state index contributed by atoms with van der Waals surface area (Å²) in [4.78, 5) is 42.5. The van der Waals surface area contributed by atoms with Crippen LogP contribution in [0.3, 0.4) is 0 Å². The third-order valence-corrected chi connectivity index (χ3v) is 5.66. The van der Waals surface area contributed by atoms with E-state index in [-0.39, 0.29) is 11.3 Å². The number of anilines is 1. The van der Waals surface area contributed by atoms with E-state index in [9.17, 15) is 19.7 Å². The van der Waals surface area contributed by atoms with E-state index in [4.69, 9.17) is 11.6 Å². The van der Waals surface area contributed by atoms with E-state index in [1.165, 1.54) is 24.3 Å². The number of piperazine rings is 1. The molecule has 0 bridgehead atoms. The summed E-state index contributed by atoms with van der Waals surface area (Å²) in [6.07, 6.45) is 0. The number of non-ortho nitro benzene ring substituents is 1. The number of halogens is 1. The van der Waals surface area contributed by atoms with Crippen LogP contribution in [0.1, 0.15) is 5.56 Å². The third kappa shape index (κ3) is 3.44. The van der Waals surface area contributed by atoms with Crippen molar-refractivity contribution in [2.45, 2.75) is 0 Å². The number of nitro benzene ring substituents is 1. The second-order valence-corrected chi connectivity index (χ2v) is 7.62. The number of hydrogen-bond donors (Lipinski definition) is 0. The Hall–Kier alpha value is -3.23. The van der Waals surface area contributed by atoms with Gasteiger partial charge in [0.2, 0.25) is 0 Å². The number of imide groups is 1. The molecule has 154 valence electrons. The summed E-state index contributed by atoms with van der Waals surface area (Å²) in [5, 5.41) is 11.3. The van der Waals surface area contributed by atoms with Crippen molar-refractivity contribution in [2.75, 3.05) is 38.1 Å². The van der Waals surface area contributed by atoms with Crippen LogP contribution in [0.15, 0.2) is 54.2 Å². The van der Waals surface area contributed by atoms with Crippen molar-refractivity contribution >= 4 is 40.4 Å². The zero-order chi connectivity index (χ0) is 21.4. The van der Waals surface area contributed by atoms with Crippen molar-refractivity contribution in [1.29, 1.82) is 0 Å². The predicted octanol–water partition coefficient (Wildman–Crippen LogP) is 2.78. The lowest BCUT2D eigenvalue weighted by Crippen LogP contribution is -2.46. The van der Waals surface area contributed by atoms with Gasteiger partial charge >= 0.3 is 0 Å². The van der Waals surface area contributed by atoms with Crippen LogP contribution in [0.4, 0.5) is 11.4 Å². The van der Waals surface area contributed by atoms with Crippen LogP contribution in [0.25, 0.3) is 5.57 Å². The Labute approximate surface area is 178 Å². The maximum Gasteiger partial charge on any atom is 0.282 e. The van der Waals surface area contributed by atoms with Gasteiger partial charge in [0.15, 0.2) is 0 Å². The van der Waals surface area contributed by atoms with E-state index in [0.29, 0.717) is 35.1 Å². The molecule has 2 aliphatic rings. The second kappa shape index (κ2) is 7.89. The molecule has 0 radical (unpaired) electrons. The molecule has 0 N–H and O–H groups in total. The molecule has 0 spiro atoms. The predicted molar refractivity (Wildman–Crippen MR) is 113 cm³/mol. The number of carbonyl (C=O) groups excluding carboxylic acids is 2. The van der Waals surface area contributed by atoms with Crippen LogP contribution in [0.5, 0.6) is 0 Å². The molecule has 2 aromatic rings. The highest BCUT2D eigenvalue weighted by Gasteiger charge is 2.43. The van der Waals surface area contributed by atoms with Crippen molar-refractivity contribution in [2.24, 2.45) is 0 Å². The molecular weight excluding hydrogens is 408 g/mol. The van der Waals surface area contributed by atoms with Crippen LogP contribution in [0.2, 0.25) is 5.02 Å². The SMILES string of the molecule is CN1CCN(C2=C(c3ccc([N+](=O)[O-])cc3)C(=O)N(c3ccccc3Cl)C2=O)CC1. The molecule has 30 heavy (non-hydrogen) atoms. The average Bonchev–Trinajstić information content (AvgIpc) is 2.99. The number of amides is 2. The first-order valence-electron chi connectivity index (χ1n) is 9.44. The maximum atomic E-state index is 13.4. The summed E-state index contributed by atoms with van der Waals surface area (Å²) in [6.45, 7) is 2.70. The largest absolute Gasteiger partial charge is 0.364 e. The molecule has 8 nitrogen and oxygen atoms in total. The molecule has 2 aromatic carbocycles. The smallest absolute Gasteiger partial charge is 0.282 e. The molecule has 1 fully saturated rings. The lowest BCUT2D eigenvalue weighted by Gasteiger charge is -2.34. The van der Waals surface area contributed by atoms with Gasteiger partial charge in [0.1, 0.15) is 5.70 Å². The van der Waals surface area contributed by atoms with Crippen molar-refractivity contribution in [1.82, 2.24) is 9.80 Å². The molecule has 0 saturated carbocycles. The number of likely N-dealkylation sites (N-methyl/N-ethyl adjacent to an activating group) is 1. The second-order valence-electron chi connectivity index (χ2n) is 7.22. The first kappa shape index (κ1) is 20.1. The van der Waals surface area contributed by atoms with E-state index in [1.807, 2.05) is 11.9 Å². The number of nitro groups is 1. The third-order valence-electron chi connectivity index (χ3n) is 5.34. The fraction of sp³-hybridized carbons (Fsp3) is 0.238. The van der Waals surface area contributed by atoms with Crippen LogP contribution < -0.4 is 4.90 Å². The van der Waals surface area contributed by atoms with Crippen LogP contribution in [0, 0.1) is 10.1 Å². The van der Waals surface area contributed by atoms with Crippen LogP contribution >= 0.6 is 11.6 Å². The molecule has 2 aliphatic heterocycles. The molecule has 9 heteroatoms. The van der Waals surface area contributed by atoms with Gasteiger partial charge in [-0.25, -0.2) is 4.90 Å². The van der Waals surface area contributed by atoms with Crippen molar-refractivity contribution < 1.29 is 14.5 Å². The fourth-order valence-electron chi connectivity index (χ4n) is 3.70. The molecule has 2 amide bonds. The van der Waals surface area contributed by atoms with E-state index >= 15 is 0 Å². The Morgan fingerprint density at radius 3 is 2.17 bits per heavy atom. The average molecular weight is 427 g/mol. The maximum absolute atomic E-state index is 13.4. The quantitative estimate of drug-likeness (QED) is 0.424. The molecule has 4 rings (SSSR count). The van der Waals surface area contributed by atoms with Gasteiger partial charge in [-0.1, -0.05) is 23.7 Å². The zero-order valence-corrected chi connectivity index (χ0v) is 17.0. The van der Waals surface area contributed by atoms with Gasteiger partial charge in [-0.2, -0.15) is 0 Å². The van der Waals surface area contributed by atoms with E-state index in [0.717, 1.165) is 18.0 Å². The van der Waals surface area contributed by atoms with Gasteiger partial charge in [-0.05, 0) is 36.9 Å². The lowest BCUT2D eigenvalue weighted by molar-refractivity contribution is -0.384. The molecular formula is C21H19ClN4O4. The summed E-state index contributed by atoms with van der Waals surface area (Å²) < 4.78 is 0. The minimum atomic E-state index is -0.503. The molecule has 0 aromatic heterocycles. The molecule has 0 unspecified atom stereocenters. The fourth-order valence-corrected chi connectivity index (χ4v) is 3.92. The van der Waals surface area contributed by atoms with Gasteiger partial charge in [0, 0.05) is 38.3 Å². The van der Waals surface area contributed by atoms with Gasteiger partial charge in [0.05, 0.1) is 21.2 Å². The summed E-state index contributed by atoms with van der Waals surface area (Å²) in [5.74, 6) is -0.929. The summed E-state index contributed by atoms with van der Waals surface area (Å²) in [5.41, 5.74) is 1.24. The number of hydrogen-bond acceptors (Lipinski definition) is 6. The summed E-state index contributed by atoms with van der Waals surface area (Å²) in [7, 11) is 2.00. The standard InChI is InChI=1S/C21H19ClN4O4/c1-23-10-12-24(13-11-23)19-18(14-6-8-15(9-7-14)26(29)30)20(27)25(21(19)28)17-5-3-2-4-16(17)22/h2-9H,10-13H2,1H3. The summed E-state index contributed by atoms with van der Waals surface area (Å²) >= 11 is 6.28. The number of nitrogens with zero attached hydrogens (tertiary/aromatic N) is 4. The summed E-state index contributed by atoms with van der Waals surface area (Å²) in [6, 6.07) is 12.4. The normalized spacial score (nSPS) is 17.8. The van der Waals surface area contributed by atoms with Gasteiger partial charge < -0.3 is 9.80 Å². The number of benzene rings is 2. The van der Waals surface area contributed by atoms with Gasteiger partial charge in [0.25, 0.3) is 17.5 Å². The minimum absolute atomic E-state index is 0.0831. The van der Waals surface area contributed by atoms with Crippen molar-refractivity contribution in [3.63, 3.8) is 0 Å². The highest BCUT2D eigenvalue weighted by atomic mass is 35.5. The van der Waals surface area contributed by atoms with Crippen LogP contribution in [-0.2, 0) is 9.59 Å². The Bertz CT molecular complexity index is 1060. The highest BCUT2D eigenvalue weighted by Crippen LogP contribution is 2.38. The molecule has 2 heterocycles. The highest BCUT2D eigenvalue weighted by molar-refractivity contribution is 6.47. The lowest BCUT2D eigenvalue weighted by atomic mass is 10.0. The Morgan fingerprint density at radius 2 is 1.57 bits per heavy atom. The minimum Gasteiger partial charge on any atom is -0.364 e. The molecule has 1 saturated heterocycles. The monoisotopic (exact) mass is 426 g/mol. The Kier molecular flexibility index (Phi) is 5.27. The zero-order valence-electron chi connectivity index (χ0n) is 16.2. The van der Waals surface area contributed by atoms with E-state index < -0.39 is 16.7 Å².